The molecule has 0 aliphatic rings. The predicted molar refractivity (Wildman–Crippen MR) is 102 cm³/mol. The Hall–Kier alpha value is -2.32. The van der Waals surface area contributed by atoms with Crippen molar-refractivity contribution in [3.05, 3.63) is 59.7 Å². The Kier molecular flexibility index (Phi) is 8.72. The molecule has 0 aromatic heterocycles. The number of ether oxygens (including phenoxy) is 2. The maximum absolute atomic E-state index is 12.4. The summed E-state index contributed by atoms with van der Waals surface area (Å²) in [5.41, 5.74) is 1.58. The SMILES string of the molecule is CN(CF)CC[C@H](O)COc1ccccc1CCc1cccc(OC(F)(F)F)c1. The molecule has 0 aliphatic carbocycles. The first-order valence-electron chi connectivity index (χ1n) is 9.25. The Morgan fingerprint density at radius 1 is 1.07 bits per heavy atom. The van der Waals surface area contributed by atoms with Crippen LogP contribution in [0.15, 0.2) is 48.5 Å². The average molecular weight is 415 g/mol. The molecule has 1 atom stereocenters. The molecule has 29 heavy (non-hydrogen) atoms. The summed E-state index contributed by atoms with van der Waals surface area (Å²) in [4.78, 5) is 1.45. The van der Waals surface area contributed by atoms with Crippen molar-refractivity contribution in [1.82, 2.24) is 4.90 Å². The summed E-state index contributed by atoms with van der Waals surface area (Å²) < 4.78 is 59.2. The average Bonchev–Trinajstić information content (AvgIpc) is 2.68. The largest absolute Gasteiger partial charge is 0.573 e. The molecule has 0 saturated carbocycles. The highest BCUT2D eigenvalue weighted by molar-refractivity contribution is 5.35. The normalized spacial score (nSPS) is 12.8. The van der Waals surface area contributed by atoms with E-state index in [2.05, 4.69) is 4.74 Å². The zero-order chi connectivity index (χ0) is 21.3. The van der Waals surface area contributed by atoms with Crippen LogP contribution in [-0.4, -0.2) is 49.5 Å². The highest BCUT2D eigenvalue weighted by Gasteiger charge is 2.31. The van der Waals surface area contributed by atoms with Gasteiger partial charge in [-0.05, 0) is 55.6 Å². The molecule has 0 spiro atoms. The zero-order valence-corrected chi connectivity index (χ0v) is 16.2. The first-order valence-corrected chi connectivity index (χ1v) is 9.25. The van der Waals surface area contributed by atoms with Crippen LogP contribution in [0.2, 0.25) is 0 Å². The van der Waals surface area contributed by atoms with E-state index < -0.39 is 19.3 Å². The molecular formula is C21H25F4NO3. The summed E-state index contributed by atoms with van der Waals surface area (Å²) >= 11 is 0. The maximum atomic E-state index is 12.4. The Labute approximate surface area is 167 Å². The molecule has 160 valence electrons. The second kappa shape index (κ2) is 11.0. The molecule has 0 heterocycles. The molecule has 1 N–H and O–H groups in total. The van der Waals surface area contributed by atoms with Crippen LogP contribution in [0.4, 0.5) is 17.6 Å². The van der Waals surface area contributed by atoms with Crippen molar-refractivity contribution in [2.45, 2.75) is 31.7 Å². The van der Waals surface area contributed by atoms with Crippen LogP contribution in [0.3, 0.4) is 0 Å². The number of nitrogens with zero attached hydrogens (tertiary/aromatic N) is 1. The lowest BCUT2D eigenvalue weighted by molar-refractivity contribution is -0.274. The van der Waals surface area contributed by atoms with E-state index >= 15 is 0 Å². The number of para-hydroxylation sites is 1. The maximum Gasteiger partial charge on any atom is 0.573 e. The monoisotopic (exact) mass is 415 g/mol. The molecule has 2 rings (SSSR count). The molecule has 0 fully saturated rings. The lowest BCUT2D eigenvalue weighted by atomic mass is 10.0. The molecule has 0 amide bonds. The number of aliphatic hydroxyl groups is 1. The van der Waals surface area contributed by atoms with Crippen LogP contribution in [0.5, 0.6) is 11.5 Å². The van der Waals surface area contributed by atoms with Gasteiger partial charge in [0, 0.05) is 6.54 Å². The van der Waals surface area contributed by atoms with E-state index in [0.29, 0.717) is 37.1 Å². The molecule has 2 aromatic carbocycles. The highest BCUT2D eigenvalue weighted by atomic mass is 19.4. The van der Waals surface area contributed by atoms with Gasteiger partial charge in [-0.15, -0.1) is 13.2 Å². The van der Waals surface area contributed by atoms with Crippen LogP contribution < -0.4 is 9.47 Å². The summed E-state index contributed by atoms with van der Waals surface area (Å²) in [5.74, 6) is 0.356. The fourth-order valence-corrected chi connectivity index (χ4v) is 2.73. The van der Waals surface area contributed by atoms with Gasteiger partial charge in [0.05, 0.1) is 6.10 Å². The van der Waals surface area contributed by atoms with Gasteiger partial charge >= 0.3 is 6.36 Å². The summed E-state index contributed by atoms with van der Waals surface area (Å²) in [5, 5.41) is 10.00. The number of hydrogen-bond acceptors (Lipinski definition) is 4. The van der Waals surface area contributed by atoms with Gasteiger partial charge in [0.1, 0.15) is 24.9 Å². The molecule has 0 bridgehead atoms. The second-order valence-corrected chi connectivity index (χ2v) is 6.76. The molecular weight excluding hydrogens is 390 g/mol. The molecule has 0 saturated heterocycles. The van der Waals surface area contributed by atoms with E-state index in [-0.39, 0.29) is 12.4 Å². The Morgan fingerprint density at radius 3 is 2.55 bits per heavy atom. The number of alkyl halides is 4. The topological polar surface area (TPSA) is 41.9 Å². The summed E-state index contributed by atoms with van der Waals surface area (Å²) in [7, 11) is 1.62. The van der Waals surface area contributed by atoms with Gasteiger partial charge in [0.25, 0.3) is 0 Å². The van der Waals surface area contributed by atoms with E-state index in [9.17, 15) is 22.7 Å². The lowest BCUT2D eigenvalue weighted by Crippen LogP contribution is -2.26. The van der Waals surface area contributed by atoms with Crippen LogP contribution in [0, 0.1) is 0 Å². The Balaban J connectivity index is 1.91. The zero-order valence-electron chi connectivity index (χ0n) is 16.2. The van der Waals surface area contributed by atoms with Crippen molar-refractivity contribution in [1.29, 1.82) is 0 Å². The third-order valence-corrected chi connectivity index (χ3v) is 4.27. The van der Waals surface area contributed by atoms with Crippen LogP contribution in [0.25, 0.3) is 0 Å². The summed E-state index contributed by atoms with van der Waals surface area (Å²) in [6, 6.07) is 13.2. The van der Waals surface area contributed by atoms with Crippen molar-refractivity contribution < 1.29 is 32.1 Å². The molecule has 0 radical (unpaired) electrons. The predicted octanol–water partition coefficient (Wildman–Crippen LogP) is 4.36. The number of hydrogen-bond donors (Lipinski definition) is 1. The molecule has 8 heteroatoms. The fourth-order valence-electron chi connectivity index (χ4n) is 2.73. The molecule has 2 aromatic rings. The van der Waals surface area contributed by atoms with Crippen molar-refractivity contribution >= 4 is 0 Å². The number of rotatable bonds is 11. The first kappa shape index (κ1) is 23.0. The minimum atomic E-state index is -4.72. The number of aryl methyl sites for hydroxylation is 2. The lowest BCUT2D eigenvalue weighted by Gasteiger charge is -2.17. The first-order chi connectivity index (χ1) is 13.8. The van der Waals surface area contributed by atoms with E-state index in [1.54, 1.807) is 25.2 Å². The third-order valence-electron chi connectivity index (χ3n) is 4.27. The van der Waals surface area contributed by atoms with Gasteiger partial charge < -0.3 is 14.6 Å². The smallest absolute Gasteiger partial charge is 0.491 e. The third kappa shape index (κ3) is 8.70. The summed E-state index contributed by atoms with van der Waals surface area (Å²) in [6.07, 6.45) is -4.02. The Morgan fingerprint density at radius 2 is 1.83 bits per heavy atom. The minimum Gasteiger partial charge on any atom is -0.491 e. The minimum absolute atomic E-state index is 0.0754. The van der Waals surface area contributed by atoms with Crippen LogP contribution >= 0.6 is 0 Å². The van der Waals surface area contributed by atoms with Crippen molar-refractivity contribution in [3.63, 3.8) is 0 Å². The number of benzene rings is 2. The number of halogens is 4. The van der Waals surface area contributed by atoms with Gasteiger partial charge in [0.15, 0.2) is 0 Å². The van der Waals surface area contributed by atoms with E-state index in [1.807, 2.05) is 12.1 Å². The van der Waals surface area contributed by atoms with E-state index in [0.717, 1.165) is 5.56 Å². The van der Waals surface area contributed by atoms with Gasteiger partial charge in [-0.2, -0.15) is 0 Å². The van der Waals surface area contributed by atoms with Crippen LogP contribution in [0.1, 0.15) is 17.5 Å². The molecule has 4 nitrogen and oxygen atoms in total. The highest BCUT2D eigenvalue weighted by Crippen LogP contribution is 2.25. The quantitative estimate of drug-likeness (QED) is 0.438. The van der Waals surface area contributed by atoms with Gasteiger partial charge in [-0.1, -0.05) is 30.3 Å². The molecule has 0 aliphatic heterocycles. The van der Waals surface area contributed by atoms with Gasteiger partial charge in [0.2, 0.25) is 0 Å². The van der Waals surface area contributed by atoms with Gasteiger partial charge in [-0.3, -0.25) is 4.90 Å². The van der Waals surface area contributed by atoms with Crippen LogP contribution in [-0.2, 0) is 12.8 Å². The summed E-state index contributed by atoms with van der Waals surface area (Å²) in [6.45, 7) is -0.0866. The fraction of sp³-hybridized carbons (Fsp3) is 0.429. The Bertz CT molecular complexity index is 755. The van der Waals surface area contributed by atoms with E-state index in [4.69, 9.17) is 4.74 Å². The second-order valence-electron chi connectivity index (χ2n) is 6.76. The van der Waals surface area contributed by atoms with Crippen molar-refractivity contribution in [2.75, 3.05) is 27.0 Å². The van der Waals surface area contributed by atoms with Crippen molar-refractivity contribution in [3.8, 4) is 11.5 Å². The van der Waals surface area contributed by atoms with Crippen molar-refractivity contribution in [2.24, 2.45) is 0 Å². The standard InChI is InChI=1S/C21H25F4NO3/c1-26(15-22)12-11-18(27)14-28-20-8-3-2-6-17(20)10-9-16-5-4-7-19(13-16)29-21(23,24)25/h2-8,13,18,27H,9-12,14-15H2,1H3/t18-/m0/s1. The molecule has 0 unspecified atom stereocenters. The number of aliphatic hydroxyl groups excluding tert-OH is 1. The van der Waals surface area contributed by atoms with Gasteiger partial charge in [-0.25, -0.2) is 4.39 Å². The van der Waals surface area contributed by atoms with E-state index in [1.165, 1.54) is 23.1 Å².